The topological polar surface area (TPSA) is 88.6 Å². The molecule has 0 unspecified atom stereocenters. The van der Waals surface area contributed by atoms with Gasteiger partial charge in [-0.3, -0.25) is 24.2 Å². The van der Waals surface area contributed by atoms with E-state index in [4.69, 9.17) is 14.2 Å². The average molecular weight is 896 g/mol. The molecule has 65 heavy (non-hydrogen) atoms. The third-order valence-corrected chi connectivity index (χ3v) is 22.5. The predicted octanol–water partition coefficient (Wildman–Crippen LogP) is 9.66. The van der Waals surface area contributed by atoms with Gasteiger partial charge in [0.2, 0.25) is 5.91 Å². The maximum Gasteiger partial charge on any atom is 0.309 e. The van der Waals surface area contributed by atoms with Gasteiger partial charge in [0.25, 0.3) is 0 Å². The van der Waals surface area contributed by atoms with Crippen LogP contribution in [-0.2, 0) is 35.2 Å². The zero-order valence-electron chi connectivity index (χ0n) is 41.8. The minimum Gasteiger partial charge on any atom is -0.462 e. The highest BCUT2D eigenvalue weighted by Crippen LogP contribution is 2.79. The summed E-state index contributed by atoms with van der Waals surface area (Å²) in [6, 6.07) is 9.80. The van der Waals surface area contributed by atoms with Crippen LogP contribution in [0.4, 0.5) is 0 Å². The molecular weight excluding hydrogens is 811 g/mol. The fourth-order valence-corrected chi connectivity index (χ4v) is 17.9. The van der Waals surface area contributed by atoms with Gasteiger partial charge in [0.15, 0.2) is 0 Å². The Bertz CT molecular complexity index is 1950. The standard InChI is InChI=1S/C56H85N3O6/c1-50(2)41(47(60)64-37-38-12-10-9-11-13-38)36-42(50)48(61)65-45-18-19-53(6)43(51(45,3)4)17-20-55(8)44(53)15-14-40-46-39(52(5)22-23-52)16-21-56(46,25-24-54(40,55)7)49(62)59-30-28-57(29-31-59)26-27-58-32-34-63-35-33-58/h9-13,39-46H,14-37H2,1-8H3/t39-,40-,41+,42-,43+,44-,45+,46-,53+,54-,55-,56+/m1/s1. The molecule has 0 aromatic heterocycles. The van der Waals surface area contributed by atoms with Gasteiger partial charge < -0.3 is 19.1 Å². The Morgan fingerprint density at radius 3 is 1.98 bits per heavy atom. The first-order chi connectivity index (χ1) is 30.9. The van der Waals surface area contributed by atoms with Crippen molar-refractivity contribution in [3.05, 3.63) is 35.9 Å². The van der Waals surface area contributed by atoms with Gasteiger partial charge in [-0.25, -0.2) is 0 Å². The van der Waals surface area contributed by atoms with Crippen LogP contribution >= 0.6 is 0 Å². The second kappa shape index (κ2) is 16.6. The van der Waals surface area contributed by atoms with E-state index in [0.717, 1.165) is 96.8 Å². The van der Waals surface area contributed by atoms with E-state index in [9.17, 15) is 9.59 Å². The van der Waals surface area contributed by atoms with Crippen LogP contribution in [0.25, 0.3) is 0 Å². The maximum absolute atomic E-state index is 15.4. The van der Waals surface area contributed by atoms with Crippen LogP contribution in [0.5, 0.6) is 0 Å². The van der Waals surface area contributed by atoms with Crippen molar-refractivity contribution in [2.75, 3.05) is 65.6 Å². The maximum atomic E-state index is 15.4. The molecule has 0 spiro atoms. The van der Waals surface area contributed by atoms with Crippen LogP contribution < -0.4 is 0 Å². The van der Waals surface area contributed by atoms with E-state index in [2.05, 4.69) is 56.2 Å². The first-order valence-electron chi connectivity index (χ1n) is 26.6. The summed E-state index contributed by atoms with van der Waals surface area (Å²) < 4.78 is 18.0. The molecule has 1 amide bonds. The van der Waals surface area contributed by atoms with E-state index in [-0.39, 0.29) is 63.6 Å². The van der Waals surface area contributed by atoms with Gasteiger partial charge >= 0.3 is 11.9 Å². The quantitative estimate of drug-likeness (QED) is 0.215. The number of morpholine rings is 1. The van der Waals surface area contributed by atoms with Crippen molar-refractivity contribution >= 4 is 17.8 Å². The third kappa shape index (κ3) is 7.41. The Morgan fingerprint density at radius 1 is 0.631 bits per heavy atom. The highest BCUT2D eigenvalue weighted by molar-refractivity contribution is 5.84. The molecule has 2 saturated heterocycles. The molecule has 10 rings (SSSR count). The summed E-state index contributed by atoms with van der Waals surface area (Å²) in [6.45, 7) is 29.6. The van der Waals surface area contributed by atoms with Crippen LogP contribution in [0, 0.1) is 79.3 Å². The normalized spacial score (nSPS) is 42.9. The van der Waals surface area contributed by atoms with E-state index < -0.39 is 5.41 Å². The second-order valence-corrected chi connectivity index (χ2v) is 25.8. The summed E-state index contributed by atoms with van der Waals surface area (Å²) in [4.78, 5) is 50.2. The Kier molecular flexibility index (Phi) is 11.8. The number of piperazine rings is 1. The smallest absolute Gasteiger partial charge is 0.309 e. The van der Waals surface area contributed by atoms with Crippen molar-refractivity contribution in [3.63, 3.8) is 0 Å². The van der Waals surface area contributed by atoms with Gasteiger partial charge in [-0.1, -0.05) is 85.7 Å². The molecule has 9 heteroatoms. The highest BCUT2D eigenvalue weighted by atomic mass is 16.5. The lowest BCUT2D eigenvalue weighted by Gasteiger charge is -2.73. The van der Waals surface area contributed by atoms with Gasteiger partial charge in [0.05, 0.1) is 30.5 Å². The van der Waals surface area contributed by atoms with E-state index in [1.165, 1.54) is 51.4 Å². The number of rotatable bonds is 10. The number of nitrogens with zero attached hydrogens (tertiary/aromatic N) is 3. The fraction of sp³-hybridized carbons (Fsp3) is 0.839. The molecule has 1 aromatic rings. The Balaban J connectivity index is 0.813. The van der Waals surface area contributed by atoms with Gasteiger partial charge in [0.1, 0.15) is 12.7 Å². The molecule has 9 nitrogen and oxygen atoms in total. The van der Waals surface area contributed by atoms with Gasteiger partial charge in [0, 0.05) is 57.8 Å². The number of carbonyl (C=O) groups excluding carboxylic acids is 3. The summed E-state index contributed by atoms with van der Waals surface area (Å²) in [6.07, 6.45) is 14.5. The Labute approximate surface area is 392 Å². The SMILES string of the molecule is CC1([C@@H]2CC[C@]3(C(=O)N4CCN(CCN5CCOCC5)CC4)CC[C@]4(C)[C@H](CC[C@@H]5[C@@]6(C)CC[C@H](OC(=O)[C@H]7C[C@@H](C(=O)OCc8ccccc8)C7(C)C)C(C)(C)[C@@H]6CC[C@]54C)[C@@H]23)CC1. The molecule has 9 aliphatic rings. The van der Waals surface area contributed by atoms with Crippen molar-refractivity contribution in [1.82, 2.24) is 14.7 Å². The zero-order valence-corrected chi connectivity index (χ0v) is 41.8. The predicted molar refractivity (Wildman–Crippen MR) is 253 cm³/mol. The molecular formula is C56H85N3O6. The Morgan fingerprint density at radius 2 is 1.31 bits per heavy atom. The number of fused-ring (bicyclic) bond motifs is 7. The largest absolute Gasteiger partial charge is 0.462 e. The van der Waals surface area contributed by atoms with Crippen molar-refractivity contribution in [3.8, 4) is 0 Å². The van der Waals surface area contributed by atoms with Crippen LogP contribution in [0.15, 0.2) is 30.3 Å². The number of carbonyl (C=O) groups is 3. The molecule has 7 saturated carbocycles. The van der Waals surface area contributed by atoms with Gasteiger partial charge in [-0.2, -0.15) is 0 Å². The molecule has 7 aliphatic carbocycles. The average Bonchev–Trinajstić information content (AvgIpc) is 3.91. The lowest BCUT2D eigenvalue weighted by molar-refractivity contribution is -0.253. The van der Waals surface area contributed by atoms with Crippen molar-refractivity contribution in [1.29, 1.82) is 0 Å². The molecule has 0 bridgehead atoms. The van der Waals surface area contributed by atoms with Crippen molar-refractivity contribution in [2.45, 2.75) is 152 Å². The number of ether oxygens (including phenoxy) is 3. The lowest BCUT2D eigenvalue weighted by Crippen LogP contribution is -2.68. The number of esters is 2. The number of hydrogen-bond donors (Lipinski definition) is 0. The van der Waals surface area contributed by atoms with Crippen molar-refractivity contribution < 1.29 is 28.6 Å². The van der Waals surface area contributed by atoms with Crippen molar-refractivity contribution in [2.24, 2.45) is 79.3 Å². The summed E-state index contributed by atoms with van der Waals surface area (Å²) in [5.74, 6) is 2.43. The molecule has 0 N–H and O–H groups in total. The first-order valence-corrected chi connectivity index (χ1v) is 26.6. The highest BCUT2D eigenvalue weighted by Gasteiger charge is 2.74. The number of hydrogen-bond acceptors (Lipinski definition) is 8. The Hall–Kier alpha value is -2.49. The van der Waals surface area contributed by atoms with Crippen LogP contribution in [0.1, 0.15) is 144 Å². The fourth-order valence-electron chi connectivity index (χ4n) is 17.9. The van der Waals surface area contributed by atoms with E-state index >= 15 is 4.79 Å². The summed E-state index contributed by atoms with van der Waals surface area (Å²) in [5, 5.41) is 0. The zero-order chi connectivity index (χ0) is 45.8. The summed E-state index contributed by atoms with van der Waals surface area (Å²) in [7, 11) is 0. The molecule has 2 aliphatic heterocycles. The second-order valence-electron chi connectivity index (χ2n) is 25.8. The molecule has 360 valence electrons. The molecule has 0 radical (unpaired) electrons. The third-order valence-electron chi connectivity index (χ3n) is 22.5. The minimum atomic E-state index is -0.505. The lowest BCUT2D eigenvalue weighted by atomic mass is 9.32. The van der Waals surface area contributed by atoms with Crippen LogP contribution in [0.3, 0.4) is 0 Å². The van der Waals surface area contributed by atoms with Gasteiger partial charge in [-0.15, -0.1) is 0 Å². The molecule has 12 atom stereocenters. The molecule has 9 fully saturated rings. The monoisotopic (exact) mass is 896 g/mol. The molecule has 2 heterocycles. The summed E-state index contributed by atoms with van der Waals surface area (Å²) >= 11 is 0. The number of amides is 1. The van der Waals surface area contributed by atoms with E-state index in [0.29, 0.717) is 47.3 Å². The first kappa shape index (κ1) is 46.2. The number of benzene rings is 1. The van der Waals surface area contributed by atoms with E-state index in [1.807, 2.05) is 44.2 Å². The minimum absolute atomic E-state index is 0.126. The van der Waals surface area contributed by atoms with Crippen LogP contribution in [-0.4, -0.2) is 104 Å². The van der Waals surface area contributed by atoms with Gasteiger partial charge in [-0.05, 0) is 146 Å². The van der Waals surface area contributed by atoms with E-state index in [1.54, 1.807) is 0 Å². The van der Waals surface area contributed by atoms with Crippen LogP contribution in [0.2, 0.25) is 0 Å². The summed E-state index contributed by atoms with van der Waals surface area (Å²) in [5.41, 5.74) is 1.11. The molecule has 1 aromatic carbocycles.